The normalized spacial score (nSPS) is 12.5. The average molecular weight is 408 g/mol. The van der Waals surface area contributed by atoms with E-state index >= 15 is 0 Å². The Balaban J connectivity index is 4.53. The van der Waals surface area contributed by atoms with Gasteiger partial charge in [-0.05, 0) is 42.3 Å². The summed E-state index contributed by atoms with van der Waals surface area (Å²) >= 11 is 0. The quantitative estimate of drug-likeness (QED) is 0.371. The molecule has 0 fully saturated rings. The number of hydrogen-bond donors (Lipinski definition) is 0. The Bertz CT molecular complexity index is 244. The molecule has 0 aliphatic rings. The molecule has 0 aliphatic carbocycles. The molecule has 5 radical (unpaired) electrons. The molecule has 0 spiro atoms. The van der Waals surface area contributed by atoms with E-state index in [4.69, 9.17) is 16.5 Å². The fourth-order valence-corrected chi connectivity index (χ4v) is 14.9. The van der Waals surface area contributed by atoms with Gasteiger partial charge in [-0.3, -0.25) is 0 Å². The Kier molecular flexibility index (Phi) is 15.8. The molecule has 9 heteroatoms. The Morgan fingerprint density at radius 1 is 0.391 bits per heavy atom. The molecule has 135 valence electrons. The maximum atomic E-state index is 6.31. The van der Waals surface area contributed by atoms with Crippen LogP contribution in [0.4, 0.5) is 0 Å². The van der Waals surface area contributed by atoms with Crippen molar-refractivity contribution in [3.8, 4) is 0 Å². The molecule has 0 heterocycles. The summed E-state index contributed by atoms with van der Waals surface area (Å²) in [5, 5.41) is 0. The minimum Gasteiger partial charge on any atom is -0.435 e. The van der Waals surface area contributed by atoms with E-state index in [1.165, 1.54) is 0 Å². The lowest BCUT2D eigenvalue weighted by Gasteiger charge is -2.26. The summed E-state index contributed by atoms with van der Waals surface area (Å²) in [4.78, 5) is 0. The van der Waals surface area contributed by atoms with Crippen LogP contribution in [0.3, 0.4) is 0 Å². The van der Waals surface area contributed by atoms with Gasteiger partial charge in [0.1, 0.15) is 0 Å². The van der Waals surface area contributed by atoms with E-state index in [1.54, 1.807) is 0 Å². The zero-order valence-corrected chi connectivity index (χ0v) is 21.1. The van der Waals surface area contributed by atoms with E-state index in [0.717, 1.165) is 42.3 Å². The van der Waals surface area contributed by atoms with Crippen LogP contribution < -0.4 is 0 Å². The fourth-order valence-electron chi connectivity index (χ4n) is 1.86. The number of hydrogen-bond acceptors (Lipinski definition) is 4. The highest BCUT2D eigenvalue weighted by atomic mass is 28.4. The Morgan fingerprint density at radius 2 is 0.652 bits per heavy atom. The second-order valence-electron chi connectivity index (χ2n) is 5.08. The summed E-state index contributed by atoms with van der Waals surface area (Å²) in [7, 11) is -4.97. The van der Waals surface area contributed by atoms with Crippen molar-refractivity contribution in [1.82, 2.24) is 0 Å². The Labute approximate surface area is 153 Å². The molecule has 0 saturated heterocycles. The first kappa shape index (κ1) is 23.9. The molecule has 23 heavy (non-hydrogen) atoms. The first-order chi connectivity index (χ1) is 11.1. The van der Waals surface area contributed by atoms with E-state index in [0.29, 0.717) is 0 Å². The van der Waals surface area contributed by atoms with Crippen LogP contribution in [0.5, 0.6) is 0 Å². The molecule has 0 aromatic rings. The minimum atomic E-state index is -1.25. The van der Waals surface area contributed by atoms with Crippen molar-refractivity contribution in [2.45, 2.75) is 90.8 Å². The molecule has 4 nitrogen and oxygen atoms in total. The van der Waals surface area contributed by atoms with Gasteiger partial charge in [0, 0.05) is 0 Å². The van der Waals surface area contributed by atoms with Gasteiger partial charge in [0.2, 0.25) is 0 Å². The zero-order valence-electron chi connectivity index (χ0n) is 16.1. The van der Waals surface area contributed by atoms with Gasteiger partial charge in [0.15, 0.2) is 18.1 Å². The van der Waals surface area contributed by atoms with Crippen molar-refractivity contribution in [2.75, 3.05) is 0 Å². The van der Waals surface area contributed by atoms with Crippen molar-refractivity contribution in [3.63, 3.8) is 0 Å². The van der Waals surface area contributed by atoms with Gasteiger partial charge in [0.25, 0.3) is 0 Å². The van der Waals surface area contributed by atoms with E-state index in [-0.39, 0.29) is 0 Å². The molecular weight excluding hydrogens is 373 g/mol. The van der Waals surface area contributed by atoms with Crippen LogP contribution in [-0.4, -0.2) is 45.9 Å². The predicted molar refractivity (Wildman–Crippen MR) is 106 cm³/mol. The molecular formula is C14H35O4Si5. The first-order valence-electron chi connectivity index (χ1n) is 9.06. The van der Waals surface area contributed by atoms with E-state index in [9.17, 15) is 0 Å². The van der Waals surface area contributed by atoms with Gasteiger partial charge >= 0.3 is 27.9 Å². The monoisotopic (exact) mass is 407 g/mol. The van der Waals surface area contributed by atoms with Crippen molar-refractivity contribution in [1.29, 1.82) is 0 Å². The third-order valence-corrected chi connectivity index (χ3v) is 16.1. The van der Waals surface area contributed by atoms with Crippen molar-refractivity contribution in [3.05, 3.63) is 0 Å². The standard InChI is InChI=1S/C14H35O4Si5/c1-8-19(9-2)15-21(12-5)17-23(14-7)18-22(13-6)16-20(10-3)11-4/h8-14H2,1-7H3. The van der Waals surface area contributed by atoms with Crippen molar-refractivity contribution < 1.29 is 16.5 Å². The van der Waals surface area contributed by atoms with Crippen molar-refractivity contribution >= 4 is 45.9 Å². The second kappa shape index (κ2) is 15.2. The molecule has 0 saturated carbocycles. The third-order valence-electron chi connectivity index (χ3n) is 3.42. The number of rotatable bonds is 15. The summed E-state index contributed by atoms with van der Waals surface area (Å²) in [5.74, 6) is 0. The second-order valence-corrected chi connectivity index (χ2v) is 17.7. The van der Waals surface area contributed by atoms with Crippen LogP contribution in [-0.2, 0) is 16.5 Å². The lowest BCUT2D eigenvalue weighted by atomic mass is 11.0. The molecule has 0 unspecified atom stereocenters. The van der Waals surface area contributed by atoms with Crippen molar-refractivity contribution in [2.24, 2.45) is 0 Å². The molecule has 0 aliphatic heterocycles. The maximum Gasteiger partial charge on any atom is 0.365 e. The largest absolute Gasteiger partial charge is 0.435 e. The van der Waals surface area contributed by atoms with Crippen LogP contribution >= 0.6 is 0 Å². The predicted octanol–water partition coefficient (Wildman–Crippen LogP) is 4.64. The van der Waals surface area contributed by atoms with Gasteiger partial charge in [0.05, 0.1) is 0 Å². The molecule has 0 aromatic heterocycles. The van der Waals surface area contributed by atoms with Crippen LogP contribution in [0, 0.1) is 0 Å². The molecule has 0 atom stereocenters. The van der Waals surface area contributed by atoms with Gasteiger partial charge in [-0.25, -0.2) is 0 Å². The molecule has 0 aromatic carbocycles. The van der Waals surface area contributed by atoms with E-state index < -0.39 is 45.9 Å². The lowest BCUT2D eigenvalue weighted by Crippen LogP contribution is -2.42. The Hall–Kier alpha value is 0.924. The van der Waals surface area contributed by atoms with Gasteiger partial charge in [-0.2, -0.15) is 0 Å². The summed E-state index contributed by atoms with van der Waals surface area (Å²) in [6.45, 7) is 15.4. The van der Waals surface area contributed by atoms with Crippen LogP contribution in [0.2, 0.25) is 42.3 Å². The first-order valence-corrected chi connectivity index (χ1v) is 17.3. The molecule has 0 N–H and O–H groups in total. The van der Waals surface area contributed by atoms with Crippen LogP contribution in [0.1, 0.15) is 48.5 Å². The molecule has 0 rings (SSSR count). The summed E-state index contributed by atoms with van der Waals surface area (Å²) in [5.41, 5.74) is 0. The molecule has 0 bridgehead atoms. The van der Waals surface area contributed by atoms with Crippen LogP contribution in [0.15, 0.2) is 0 Å². The molecule has 0 amide bonds. The Morgan fingerprint density at radius 3 is 0.870 bits per heavy atom. The minimum absolute atomic E-state index is 0.684. The topological polar surface area (TPSA) is 36.9 Å². The maximum absolute atomic E-state index is 6.31. The lowest BCUT2D eigenvalue weighted by molar-refractivity contribution is 0.340. The van der Waals surface area contributed by atoms with Gasteiger partial charge in [-0.15, -0.1) is 0 Å². The van der Waals surface area contributed by atoms with E-state index in [2.05, 4.69) is 48.5 Å². The van der Waals surface area contributed by atoms with Gasteiger partial charge in [-0.1, -0.05) is 48.5 Å². The van der Waals surface area contributed by atoms with E-state index in [1.807, 2.05) is 0 Å². The van der Waals surface area contributed by atoms with Crippen LogP contribution in [0.25, 0.3) is 0 Å². The summed E-state index contributed by atoms with van der Waals surface area (Å²) in [6, 6.07) is 7.55. The summed E-state index contributed by atoms with van der Waals surface area (Å²) < 4.78 is 25.2. The highest BCUT2D eigenvalue weighted by Gasteiger charge is 2.29. The SMILES string of the molecule is CC[Si](CC)O[Si](CC)O[Si](CC)O[Si](CC)O[Si](CC)CC. The average Bonchev–Trinajstić information content (AvgIpc) is 2.60. The smallest absolute Gasteiger partial charge is 0.365 e. The zero-order chi connectivity index (χ0) is 17.7. The fraction of sp³-hybridized carbons (Fsp3) is 1.00. The summed E-state index contributed by atoms with van der Waals surface area (Å²) in [6.07, 6.45) is 0. The third kappa shape index (κ3) is 10.5. The highest BCUT2D eigenvalue weighted by molar-refractivity contribution is 6.71. The van der Waals surface area contributed by atoms with Gasteiger partial charge < -0.3 is 16.5 Å². The highest BCUT2D eigenvalue weighted by Crippen LogP contribution is 2.13.